The van der Waals surface area contributed by atoms with Crippen molar-refractivity contribution in [3.05, 3.63) is 83.7 Å². The van der Waals surface area contributed by atoms with E-state index >= 15 is 0 Å². The van der Waals surface area contributed by atoms with Crippen molar-refractivity contribution in [3.8, 4) is 6.07 Å². The van der Waals surface area contributed by atoms with Gasteiger partial charge in [0.1, 0.15) is 5.76 Å². The van der Waals surface area contributed by atoms with Crippen LogP contribution in [-0.2, 0) is 4.74 Å². The molecule has 0 spiro atoms. The van der Waals surface area contributed by atoms with Crippen LogP contribution < -0.4 is 0 Å². The maximum Gasteiger partial charge on any atom is 0.108 e. The Kier molecular flexibility index (Phi) is 4.02. The Morgan fingerprint density at radius 3 is 2.68 bits per heavy atom. The summed E-state index contributed by atoms with van der Waals surface area (Å²) < 4.78 is 5.49. The molecule has 22 heavy (non-hydrogen) atoms. The molecule has 0 aliphatic heterocycles. The first-order valence-corrected chi connectivity index (χ1v) is 7.06. The van der Waals surface area contributed by atoms with Crippen molar-refractivity contribution in [2.45, 2.75) is 6.42 Å². The summed E-state index contributed by atoms with van der Waals surface area (Å²) in [5.41, 5.74) is 4.50. The highest BCUT2D eigenvalue weighted by atomic mass is 16.5. The minimum atomic E-state index is 0.638. The third-order valence-corrected chi connectivity index (χ3v) is 3.64. The van der Waals surface area contributed by atoms with Crippen LogP contribution in [0.3, 0.4) is 0 Å². The van der Waals surface area contributed by atoms with Gasteiger partial charge in [-0.25, -0.2) is 0 Å². The lowest BCUT2D eigenvalue weighted by Gasteiger charge is -2.19. The van der Waals surface area contributed by atoms with Crippen LogP contribution in [-0.4, -0.2) is 12.1 Å². The van der Waals surface area contributed by atoms with E-state index in [0.29, 0.717) is 5.56 Å². The minimum absolute atomic E-state index is 0.638. The van der Waals surface area contributed by atoms with E-state index in [2.05, 4.69) is 17.1 Å². The summed E-state index contributed by atoms with van der Waals surface area (Å²) in [6.07, 6.45) is 6.65. The molecule has 0 saturated heterocycles. The quantitative estimate of drug-likeness (QED) is 0.857. The molecule has 0 fully saturated rings. The molecule has 1 aromatic heterocycles. The summed E-state index contributed by atoms with van der Waals surface area (Å²) in [4.78, 5) is 4.41. The van der Waals surface area contributed by atoms with Gasteiger partial charge in [-0.2, -0.15) is 5.26 Å². The Bertz CT molecular complexity index is 783. The highest BCUT2D eigenvalue weighted by Gasteiger charge is 2.19. The van der Waals surface area contributed by atoms with Gasteiger partial charge in [0, 0.05) is 23.8 Å². The predicted molar refractivity (Wildman–Crippen MR) is 86.2 cm³/mol. The summed E-state index contributed by atoms with van der Waals surface area (Å²) in [6, 6.07) is 15.7. The highest BCUT2D eigenvalue weighted by Crippen LogP contribution is 2.35. The van der Waals surface area contributed by atoms with E-state index in [1.54, 1.807) is 13.3 Å². The zero-order valence-corrected chi connectivity index (χ0v) is 12.3. The molecule has 107 valence electrons. The first kappa shape index (κ1) is 14.1. The molecule has 0 N–H and O–H groups in total. The highest BCUT2D eigenvalue weighted by molar-refractivity contribution is 5.89. The SMILES string of the molecule is COC1=C(c2ccccc2C#N)C=C(c2ccccn2)C[CH]1. The van der Waals surface area contributed by atoms with Gasteiger partial charge < -0.3 is 4.74 Å². The molecular formula is C19H15N2O. The van der Waals surface area contributed by atoms with Crippen LogP contribution in [0.4, 0.5) is 0 Å². The zero-order valence-electron chi connectivity index (χ0n) is 12.3. The Hall–Kier alpha value is -2.86. The van der Waals surface area contributed by atoms with Gasteiger partial charge in [-0.15, -0.1) is 0 Å². The van der Waals surface area contributed by atoms with Crippen molar-refractivity contribution in [2.24, 2.45) is 0 Å². The van der Waals surface area contributed by atoms with Gasteiger partial charge in [-0.1, -0.05) is 24.3 Å². The number of hydrogen-bond acceptors (Lipinski definition) is 3. The molecule has 1 heterocycles. The van der Waals surface area contributed by atoms with Gasteiger partial charge >= 0.3 is 0 Å². The lowest BCUT2D eigenvalue weighted by Crippen LogP contribution is -2.03. The average molecular weight is 287 g/mol. The topological polar surface area (TPSA) is 45.9 Å². The van der Waals surface area contributed by atoms with E-state index in [9.17, 15) is 5.26 Å². The summed E-state index contributed by atoms with van der Waals surface area (Å²) in [6.45, 7) is 0. The van der Waals surface area contributed by atoms with Crippen LogP contribution in [0.2, 0.25) is 0 Å². The Labute approximate surface area is 130 Å². The standard InChI is InChI=1S/C19H15N2O/c1-22-19-10-9-14(18-8-4-5-11-21-18)12-17(19)16-7-3-2-6-15(16)13-20/h2-8,10-12H,9H2,1H3. The molecule has 1 aromatic carbocycles. The van der Waals surface area contributed by atoms with E-state index in [1.165, 1.54) is 0 Å². The van der Waals surface area contributed by atoms with Crippen molar-refractivity contribution in [1.29, 1.82) is 5.26 Å². The number of nitrogens with zero attached hydrogens (tertiary/aromatic N) is 2. The van der Waals surface area contributed by atoms with E-state index in [0.717, 1.165) is 34.6 Å². The molecule has 0 unspecified atom stereocenters. The largest absolute Gasteiger partial charge is 0.500 e. The predicted octanol–water partition coefficient (Wildman–Crippen LogP) is 4.00. The number of nitriles is 1. The Morgan fingerprint density at radius 2 is 1.95 bits per heavy atom. The molecule has 0 saturated carbocycles. The second kappa shape index (κ2) is 6.28. The van der Waals surface area contributed by atoms with Crippen molar-refractivity contribution in [3.63, 3.8) is 0 Å². The van der Waals surface area contributed by atoms with E-state index in [4.69, 9.17) is 4.74 Å². The Morgan fingerprint density at radius 1 is 1.14 bits per heavy atom. The van der Waals surface area contributed by atoms with Crippen LogP contribution in [0.5, 0.6) is 0 Å². The summed E-state index contributed by atoms with van der Waals surface area (Å²) in [5, 5.41) is 9.33. The van der Waals surface area contributed by atoms with Gasteiger partial charge in [0.15, 0.2) is 0 Å². The van der Waals surface area contributed by atoms with Gasteiger partial charge in [0.2, 0.25) is 0 Å². The van der Waals surface area contributed by atoms with Crippen LogP contribution in [0.15, 0.2) is 60.5 Å². The molecule has 3 nitrogen and oxygen atoms in total. The summed E-state index contributed by atoms with van der Waals surface area (Å²) in [5.74, 6) is 0.794. The fraction of sp³-hybridized carbons (Fsp3) is 0.105. The molecule has 0 amide bonds. The first-order chi connectivity index (χ1) is 10.8. The number of methoxy groups -OCH3 is 1. The van der Waals surface area contributed by atoms with E-state index < -0.39 is 0 Å². The van der Waals surface area contributed by atoms with Crippen molar-refractivity contribution < 1.29 is 4.74 Å². The fourth-order valence-corrected chi connectivity index (χ4v) is 2.57. The minimum Gasteiger partial charge on any atom is -0.500 e. The normalized spacial score (nSPS) is 14.3. The number of hydrogen-bond donors (Lipinski definition) is 0. The molecule has 3 rings (SSSR count). The van der Waals surface area contributed by atoms with Gasteiger partial charge in [0.05, 0.1) is 24.4 Å². The molecule has 1 aliphatic rings. The number of pyridine rings is 1. The number of benzene rings is 1. The Balaban J connectivity index is 2.12. The van der Waals surface area contributed by atoms with Crippen molar-refractivity contribution >= 4 is 11.1 Å². The lowest BCUT2D eigenvalue weighted by molar-refractivity contribution is 0.300. The molecular weight excluding hydrogens is 272 g/mol. The number of allylic oxidation sites excluding steroid dienone is 4. The lowest BCUT2D eigenvalue weighted by atomic mass is 9.89. The van der Waals surface area contributed by atoms with Gasteiger partial charge in [-0.3, -0.25) is 4.98 Å². The molecule has 1 aliphatic carbocycles. The number of ether oxygens (including phenoxy) is 1. The third-order valence-electron chi connectivity index (χ3n) is 3.64. The maximum absolute atomic E-state index is 9.33. The monoisotopic (exact) mass is 287 g/mol. The smallest absolute Gasteiger partial charge is 0.108 e. The van der Waals surface area contributed by atoms with Crippen molar-refractivity contribution in [1.82, 2.24) is 4.98 Å². The summed E-state index contributed by atoms with van der Waals surface area (Å²) >= 11 is 0. The molecule has 1 radical (unpaired) electrons. The summed E-state index contributed by atoms with van der Waals surface area (Å²) in [7, 11) is 1.65. The molecule has 2 aromatic rings. The van der Waals surface area contributed by atoms with Crippen LogP contribution in [0.25, 0.3) is 11.1 Å². The maximum atomic E-state index is 9.33. The first-order valence-electron chi connectivity index (χ1n) is 7.06. The number of aromatic nitrogens is 1. The van der Waals surface area contributed by atoms with Gasteiger partial charge in [0.25, 0.3) is 0 Å². The second-order valence-electron chi connectivity index (χ2n) is 4.93. The average Bonchev–Trinajstić information content (AvgIpc) is 2.62. The molecule has 0 bridgehead atoms. The molecule has 3 heteroatoms. The van der Waals surface area contributed by atoms with Crippen LogP contribution in [0, 0.1) is 17.8 Å². The van der Waals surface area contributed by atoms with Crippen LogP contribution in [0.1, 0.15) is 23.2 Å². The van der Waals surface area contributed by atoms with E-state index in [-0.39, 0.29) is 0 Å². The van der Waals surface area contributed by atoms with Crippen LogP contribution >= 0.6 is 0 Å². The van der Waals surface area contributed by atoms with Crippen molar-refractivity contribution in [2.75, 3.05) is 7.11 Å². The zero-order chi connectivity index (χ0) is 15.4. The van der Waals surface area contributed by atoms with Gasteiger partial charge in [-0.05, 0) is 36.3 Å². The van der Waals surface area contributed by atoms with E-state index in [1.807, 2.05) is 48.9 Å². The third kappa shape index (κ3) is 2.64. The fourth-order valence-electron chi connectivity index (χ4n) is 2.57. The number of rotatable bonds is 3. The molecule has 0 atom stereocenters. The second-order valence-corrected chi connectivity index (χ2v) is 4.93.